The highest BCUT2D eigenvalue weighted by Crippen LogP contribution is 2.35. The highest BCUT2D eigenvalue weighted by atomic mass is 32.2. The van der Waals surface area contributed by atoms with Crippen molar-refractivity contribution in [3.63, 3.8) is 0 Å². The highest BCUT2D eigenvalue weighted by Gasteiger charge is 2.48. The molecule has 0 spiro atoms. The van der Waals surface area contributed by atoms with Crippen molar-refractivity contribution < 1.29 is 34.7 Å². The Morgan fingerprint density at radius 2 is 1.78 bits per heavy atom. The van der Waals surface area contributed by atoms with Crippen molar-refractivity contribution in [3.05, 3.63) is 18.2 Å². The van der Waals surface area contributed by atoms with Crippen molar-refractivity contribution >= 4 is 25.5 Å². The number of rotatable bonds is 7. The standard InChI is InChI=1S/C14H20F3N3O5S2/c15-14(16,17)26(21,22)13-10-11(27(18,23)24)2-3-12(13)19-4-1-5-20-6-8-25-9-7-20/h2-3,10,19H,1,4-9H2,(H2,18,23,24). The average Bonchev–Trinajstić information content (AvgIpc) is 2.57. The predicted molar refractivity (Wildman–Crippen MR) is 91.4 cm³/mol. The van der Waals surface area contributed by atoms with E-state index in [9.17, 15) is 30.0 Å². The number of halogens is 3. The summed E-state index contributed by atoms with van der Waals surface area (Å²) >= 11 is 0. The first-order valence-corrected chi connectivity index (χ1v) is 11.0. The molecule has 154 valence electrons. The van der Waals surface area contributed by atoms with Crippen LogP contribution < -0.4 is 10.5 Å². The van der Waals surface area contributed by atoms with Crippen LogP contribution in [0.5, 0.6) is 0 Å². The summed E-state index contributed by atoms with van der Waals surface area (Å²) in [6.07, 6.45) is 0.544. The number of ether oxygens (including phenoxy) is 1. The maximum atomic E-state index is 12.9. The van der Waals surface area contributed by atoms with Gasteiger partial charge in [-0.1, -0.05) is 0 Å². The molecule has 0 aliphatic carbocycles. The van der Waals surface area contributed by atoms with Crippen LogP contribution in [-0.4, -0.2) is 66.6 Å². The number of nitrogens with zero attached hydrogens (tertiary/aromatic N) is 1. The first kappa shape index (κ1) is 21.9. The van der Waals surface area contributed by atoms with Gasteiger partial charge in [0.1, 0.15) is 4.90 Å². The molecule has 0 unspecified atom stereocenters. The summed E-state index contributed by atoms with van der Waals surface area (Å²) in [5.74, 6) is 0. The first-order valence-electron chi connectivity index (χ1n) is 7.95. The molecule has 27 heavy (non-hydrogen) atoms. The fourth-order valence-corrected chi connectivity index (χ4v) is 4.10. The number of morpholine rings is 1. The molecule has 1 heterocycles. The Bertz CT molecular complexity index is 866. The van der Waals surface area contributed by atoms with Crippen molar-refractivity contribution in [1.82, 2.24) is 4.90 Å². The van der Waals surface area contributed by atoms with Gasteiger partial charge in [-0.15, -0.1) is 0 Å². The van der Waals surface area contributed by atoms with Crippen LogP contribution in [0, 0.1) is 0 Å². The quantitative estimate of drug-likeness (QED) is 0.612. The van der Waals surface area contributed by atoms with E-state index in [1.807, 2.05) is 0 Å². The molecule has 13 heteroatoms. The first-order chi connectivity index (χ1) is 12.4. The molecule has 0 bridgehead atoms. The molecule has 3 N–H and O–H groups in total. The summed E-state index contributed by atoms with van der Waals surface area (Å²) in [6.45, 7) is 3.57. The van der Waals surface area contributed by atoms with Crippen molar-refractivity contribution in [3.8, 4) is 0 Å². The van der Waals surface area contributed by atoms with E-state index in [1.54, 1.807) is 0 Å². The topological polar surface area (TPSA) is 119 Å². The Hall–Kier alpha value is -1.41. The number of nitrogens with one attached hydrogen (secondary N) is 1. The molecule has 1 saturated heterocycles. The molecule has 1 fully saturated rings. The molecule has 2 rings (SSSR count). The number of sulfonamides is 1. The van der Waals surface area contributed by atoms with Gasteiger partial charge in [-0.2, -0.15) is 13.2 Å². The monoisotopic (exact) mass is 431 g/mol. The van der Waals surface area contributed by atoms with Crippen LogP contribution in [0.4, 0.5) is 18.9 Å². The van der Waals surface area contributed by atoms with Crippen LogP contribution >= 0.6 is 0 Å². The second-order valence-corrected chi connectivity index (χ2v) is 9.36. The number of hydrogen-bond donors (Lipinski definition) is 2. The van der Waals surface area contributed by atoms with Crippen LogP contribution in [0.1, 0.15) is 6.42 Å². The lowest BCUT2D eigenvalue weighted by Gasteiger charge is -2.26. The molecule has 0 amide bonds. The van der Waals surface area contributed by atoms with Crippen molar-refractivity contribution in [2.75, 3.05) is 44.7 Å². The third-order valence-electron chi connectivity index (χ3n) is 3.95. The fourth-order valence-electron chi connectivity index (χ4n) is 2.52. The SMILES string of the molecule is NS(=O)(=O)c1ccc(NCCCN2CCOCC2)c(S(=O)(=O)C(F)(F)F)c1. The van der Waals surface area contributed by atoms with Gasteiger partial charge in [0.15, 0.2) is 0 Å². The largest absolute Gasteiger partial charge is 0.501 e. The highest BCUT2D eigenvalue weighted by molar-refractivity contribution is 7.92. The van der Waals surface area contributed by atoms with Crippen LogP contribution in [-0.2, 0) is 24.6 Å². The van der Waals surface area contributed by atoms with E-state index in [2.05, 4.69) is 10.2 Å². The van der Waals surface area contributed by atoms with E-state index in [0.29, 0.717) is 32.2 Å². The second-order valence-electron chi connectivity index (χ2n) is 5.89. The molecule has 1 aromatic carbocycles. The lowest BCUT2D eigenvalue weighted by atomic mass is 10.3. The maximum absolute atomic E-state index is 12.9. The van der Waals surface area contributed by atoms with Gasteiger partial charge in [0.2, 0.25) is 10.0 Å². The lowest BCUT2D eigenvalue weighted by Crippen LogP contribution is -2.37. The van der Waals surface area contributed by atoms with Crippen molar-refractivity contribution in [2.24, 2.45) is 5.14 Å². The number of sulfone groups is 1. The number of nitrogens with two attached hydrogens (primary N) is 1. The summed E-state index contributed by atoms with van der Waals surface area (Å²) < 4.78 is 90.4. The van der Waals surface area contributed by atoms with E-state index in [1.165, 1.54) is 0 Å². The van der Waals surface area contributed by atoms with Gasteiger partial charge in [0.25, 0.3) is 9.84 Å². The third kappa shape index (κ3) is 5.54. The van der Waals surface area contributed by atoms with E-state index >= 15 is 0 Å². The Morgan fingerprint density at radius 3 is 2.33 bits per heavy atom. The Kier molecular flexibility index (Phi) is 6.73. The normalized spacial score (nSPS) is 17.0. The minimum absolute atomic E-state index is 0.201. The molecule has 0 atom stereocenters. The smallest absolute Gasteiger partial charge is 0.384 e. The lowest BCUT2D eigenvalue weighted by molar-refractivity contribution is -0.0435. The van der Waals surface area contributed by atoms with Gasteiger partial charge < -0.3 is 10.1 Å². The molecule has 1 aliphatic rings. The van der Waals surface area contributed by atoms with Gasteiger partial charge in [-0.3, -0.25) is 4.90 Å². The van der Waals surface area contributed by atoms with Gasteiger partial charge in [0, 0.05) is 19.6 Å². The van der Waals surface area contributed by atoms with Gasteiger partial charge in [-0.25, -0.2) is 22.0 Å². The maximum Gasteiger partial charge on any atom is 0.501 e. The van der Waals surface area contributed by atoms with Crippen molar-refractivity contribution in [2.45, 2.75) is 21.7 Å². The van der Waals surface area contributed by atoms with Crippen LogP contribution in [0.2, 0.25) is 0 Å². The van der Waals surface area contributed by atoms with Crippen LogP contribution in [0.25, 0.3) is 0 Å². The molecule has 1 aromatic rings. The molecular formula is C14H20F3N3O5S2. The van der Waals surface area contributed by atoms with E-state index < -0.39 is 35.2 Å². The third-order valence-corrected chi connectivity index (χ3v) is 6.38. The molecule has 0 saturated carbocycles. The fraction of sp³-hybridized carbons (Fsp3) is 0.571. The molecule has 8 nitrogen and oxygen atoms in total. The molecule has 0 aromatic heterocycles. The Balaban J connectivity index is 2.19. The number of primary sulfonamides is 1. The van der Waals surface area contributed by atoms with Gasteiger partial charge in [0.05, 0.1) is 23.8 Å². The minimum atomic E-state index is -5.76. The number of hydrogen-bond acceptors (Lipinski definition) is 7. The minimum Gasteiger partial charge on any atom is -0.384 e. The van der Waals surface area contributed by atoms with Crippen molar-refractivity contribution in [1.29, 1.82) is 0 Å². The molecular weight excluding hydrogens is 411 g/mol. The van der Waals surface area contributed by atoms with Gasteiger partial charge in [-0.05, 0) is 31.2 Å². The van der Waals surface area contributed by atoms with Crippen LogP contribution in [0.15, 0.2) is 28.0 Å². The summed E-state index contributed by atoms with van der Waals surface area (Å²) in [7, 11) is -10.1. The zero-order valence-electron chi connectivity index (χ0n) is 14.2. The number of benzene rings is 1. The second kappa shape index (κ2) is 8.31. The summed E-state index contributed by atoms with van der Waals surface area (Å²) in [6, 6.07) is 2.34. The molecule has 0 radical (unpaired) electrons. The summed E-state index contributed by atoms with van der Waals surface area (Å²) in [4.78, 5) is 0.222. The summed E-state index contributed by atoms with van der Waals surface area (Å²) in [5, 5.41) is 7.53. The Morgan fingerprint density at radius 1 is 1.15 bits per heavy atom. The number of alkyl halides is 3. The van der Waals surface area contributed by atoms with E-state index in [4.69, 9.17) is 9.88 Å². The van der Waals surface area contributed by atoms with E-state index in [-0.39, 0.29) is 12.2 Å². The van der Waals surface area contributed by atoms with Crippen LogP contribution in [0.3, 0.4) is 0 Å². The molecule has 1 aliphatic heterocycles. The Labute approximate surface area is 155 Å². The zero-order chi connectivity index (χ0) is 20.3. The van der Waals surface area contributed by atoms with Gasteiger partial charge >= 0.3 is 5.51 Å². The van der Waals surface area contributed by atoms with E-state index in [0.717, 1.165) is 25.2 Å². The predicted octanol–water partition coefficient (Wildman–Crippen LogP) is 0.762. The zero-order valence-corrected chi connectivity index (χ0v) is 15.8. The summed E-state index contributed by atoms with van der Waals surface area (Å²) in [5.41, 5.74) is -5.91. The number of anilines is 1. The average molecular weight is 431 g/mol.